The molecule has 0 saturated carbocycles. The van der Waals surface area contributed by atoms with Crippen LogP contribution in [-0.4, -0.2) is 67.3 Å². The highest BCUT2D eigenvalue weighted by molar-refractivity contribution is 4.96. The smallest absolute Gasteiger partial charge is 0.0736 e. The van der Waals surface area contributed by atoms with E-state index in [1.54, 1.807) is 7.11 Å². The Hall–Kier alpha value is -0.160. The monoisotopic (exact) mass is 283 g/mol. The molecule has 2 fully saturated rings. The number of hydrogen-bond acceptors (Lipinski definition) is 4. The molecule has 0 aromatic carbocycles. The standard InChI is InChI=1S/C16H33N3O/c1-14(20-3)16(2,13-17)19-11-7-15(8-12-19)18-9-5-4-6-10-18/h14-15H,4-13,17H2,1-3H3. The van der Waals surface area contributed by atoms with E-state index < -0.39 is 0 Å². The molecule has 2 atom stereocenters. The number of rotatable bonds is 5. The topological polar surface area (TPSA) is 41.7 Å². The Balaban J connectivity index is 1.89. The van der Waals surface area contributed by atoms with Crippen molar-refractivity contribution in [2.75, 3.05) is 39.8 Å². The molecule has 2 aliphatic heterocycles. The van der Waals surface area contributed by atoms with Crippen molar-refractivity contribution in [2.45, 2.75) is 63.6 Å². The molecule has 2 unspecified atom stereocenters. The van der Waals surface area contributed by atoms with E-state index in [1.807, 2.05) is 0 Å². The summed E-state index contributed by atoms with van der Waals surface area (Å²) in [5.74, 6) is 0. The van der Waals surface area contributed by atoms with E-state index in [1.165, 1.54) is 45.2 Å². The lowest BCUT2D eigenvalue weighted by atomic mass is 9.89. The van der Waals surface area contributed by atoms with Crippen LogP contribution in [-0.2, 0) is 4.74 Å². The summed E-state index contributed by atoms with van der Waals surface area (Å²) in [4.78, 5) is 5.28. The summed E-state index contributed by atoms with van der Waals surface area (Å²) in [5.41, 5.74) is 6.03. The minimum atomic E-state index is -0.0262. The Morgan fingerprint density at radius 1 is 1.15 bits per heavy atom. The maximum Gasteiger partial charge on any atom is 0.0736 e. The third-order valence-corrected chi connectivity index (χ3v) is 5.74. The average molecular weight is 283 g/mol. The number of nitrogens with two attached hydrogens (primary N) is 1. The maximum absolute atomic E-state index is 6.06. The zero-order chi connectivity index (χ0) is 14.6. The van der Waals surface area contributed by atoms with Gasteiger partial charge in [0, 0.05) is 32.8 Å². The summed E-state index contributed by atoms with van der Waals surface area (Å²) in [6.07, 6.45) is 6.95. The van der Waals surface area contributed by atoms with E-state index in [-0.39, 0.29) is 11.6 Å². The molecule has 2 heterocycles. The molecule has 0 aliphatic carbocycles. The van der Waals surface area contributed by atoms with Crippen LogP contribution in [0, 0.1) is 0 Å². The van der Waals surface area contributed by atoms with E-state index in [9.17, 15) is 0 Å². The van der Waals surface area contributed by atoms with Crippen molar-refractivity contribution < 1.29 is 4.74 Å². The molecule has 0 bridgehead atoms. The molecule has 2 saturated heterocycles. The molecule has 2 aliphatic rings. The summed E-state index contributed by atoms with van der Waals surface area (Å²) >= 11 is 0. The molecular weight excluding hydrogens is 250 g/mol. The highest BCUT2D eigenvalue weighted by Crippen LogP contribution is 2.27. The van der Waals surface area contributed by atoms with Crippen LogP contribution in [0.15, 0.2) is 0 Å². The van der Waals surface area contributed by atoms with Crippen molar-refractivity contribution >= 4 is 0 Å². The predicted octanol–water partition coefficient (Wildman–Crippen LogP) is 1.69. The van der Waals surface area contributed by atoms with Crippen LogP contribution in [0.4, 0.5) is 0 Å². The fourth-order valence-corrected chi connectivity index (χ4v) is 3.83. The summed E-state index contributed by atoms with van der Waals surface area (Å²) in [7, 11) is 1.79. The molecule has 4 nitrogen and oxygen atoms in total. The van der Waals surface area contributed by atoms with Gasteiger partial charge in [-0.2, -0.15) is 0 Å². The first-order chi connectivity index (χ1) is 9.61. The number of hydrogen-bond donors (Lipinski definition) is 1. The largest absolute Gasteiger partial charge is 0.380 e. The van der Waals surface area contributed by atoms with Crippen LogP contribution < -0.4 is 5.73 Å². The Morgan fingerprint density at radius 3 is 2.25 bits per heavy atom. The van der Waals surface area contributed by atoms with Crippen molar-refractivity contribution in [3.63, 3.8) is 0 Å². The number of ether oxygens (including phenoxy) is 1. The van der Waals surface area contributed by atoms with Gasteiger partial charge in [-0.25, -0.2) is 0 Å². The molecule has 2 rings (SSSR count). The lowest BCUT2D eigenvalue weighted by molar-refractivity contribution is -0.0495. The molecule has 2 N–H and O–H groups in total. The van der Waals surface area contributed by atoms with E-state index in [2.05, 4.69) is 23.6 Å². The van der Waals surface area contributed by atoms with Crippen LogP contribution in [0.2, 0.25) is 0 Å². The Bertz CT molecular complexity index is 285. The van der Waals surface area contributed by atoms with Gasteiger partial charge in [-0.05, 0) is 52.6 Å². The highest BCUT2D eigenvalue weighted by Gasteiger charge is 2.39. The molecule has 4 heteroatoms. The van der Waals surface area contributed by atoms with Crippen molar-refractivity contribution in [3.05, 3.63) is 0 Å². The molecule has 0 radical (unpaired) electrons. The molecule has 0 spiro atoms. The van der Waals surface area contributed by atoms with Crippen LogP contribution in [0.25, 0.3) is 0 Å². The third-order valence-electron chi connectivity index (χ3n) is 5.74. The lowest BCUT2D eigenvalue weighted by Gasteiger charge is -2.49. The predicted molar refractivity (Wildman–Crippen MR) is 83.9 cm³/mol. The first kappa shape index (κ1) is 16.2. The van der Waals surface area contributed by atoms with Gasteiger partial charge in [0.15, 0.2) is 0 Å². The molecule has 20 heavy (non-hydrogen) atoms. The molecule has 0 aromatic heterocycles. The van der Waals surface area contributed by atoms with Gasteiger partial charge in [0.05, 0.1) is 11.6 Å². The highest BCUT2D eigenvalue weighted by atomic mass is 16.5. The number of nitrogens with zero attached hydrogens (tertiary/aromatic N) is 2. The van der Waals surface area contributed by atoms with E-state index in [4.69, 9.17) is 10.5 Å². The quantitative estimate of drug-likeness (QED) is 0.834. The lowest BCUT2D eigenvalue weighted by Crippen LogP contribution is -2.62. The fourth-order valence-electron chi connectivity index (χ4n) is 3.83. The second kappa shape index (κ2) is 7.21. The van der Waals surface area contributed by atoms with Crippen molar-refractivity contribution in [2.24, 2.45) is 5.73 Å². The van der Waals surface area contributed by atoms with Crippen molar-refractivity contribution in [1.29, 1.82) is 0 Å². The van der Waals surface area contributed by atoms with Gasteiger partial charge in [-0.1, -0.05) is 6.42 Å². The van der Waals surface area contributed by atoms with Crippen LogP contribution in [0.3, 0.4) is 0 Å². The van der Waals surface area contributed by atoms with Crippen LogP contribution in [0.1, 0.15) is 46.0 Å². The number of likely N-dealkylation sites (tertiary alicyclic amines) is 2. The van der Waals surface area contributed by atoms with Gasteiger partial charge in [0.25, 0.3) is 0 Å². The first-order valence-electron chi connectivity index (χ1n) is 8.33. The van der Waals surface area contributed by atoms with Gasteiger partial charge >= 0.3 is 0 Å². The van der Waals surface area contributed by atoms with E-state index in [0.29, 0.717) is 6.54 Å². The Kier molecular flexibility index (Phi) is 5.84. The summed E-state index contributed by atoms with van der Waals surface area (Å²) in [5, 5.41) is 0. The van der Waals surface area contributed by atoms with E-state index >= 15 is 0 Å². The normalized spacial score (nSPS) is 28.2. The van der Waals surface area contributed by atoms with Gasteiger partial charge in [0.1, 0.15) is 0 Å². The first-order valence-corrected chi connectivity index (χ1v) is 8.33. The van der Waals surface area contributed by atoms with Crippen molar-refractivity contribution in [3.8, 4) is 0 Å². The minimum absolute atomic E-state index is 0.0262. The number of methoxy groups -OCH3 is 1. The molecule has 0 amide bonds. The second-order valence-electron chi connectivity index (χ2n) is 6.75. The Labute approximate surface area is 124 Å². The minimum Gasteiger partial charge on any atom is -0.380 e. The zero-order valence-electron chi connectivity index (χ0n) is 13.6. The Morgan fingerprint density at radius 2 is 1.75 bits per heavy atom. The van der Waals surface area contributed by atoms with Gasteiger partial charge in [-0.3, -0.25) is 4.90 Å². The summed E-state index contributed by atoms with van der Waals surface area (Å²) < 4.78 is 5.57. The molecule has 118 valence electrons. The van der Waals surface area contributed by atoms with Gasteiger partial charge < -0.3 is 15.4 Å². The van der Waals surface area contributed by atoms with E-state index in [0.717, 1.165) is 19.1 Å². The summed E-state index contributed by atoms with van der Waals surface area (Å²) in [6, 6.07) is 0.798. The second-order valence-corrected chi connectivity index (χ2v) is 6.75. The SMILES string of the molecule is COC(C)C(C)(CN)N1CCC(N2CCCCC2)CC1. The maximum atomic E-state index is 6.06. The number of piperidine rings is 2. The van der Waals surface area contributed by atoms with Crippen LogP contribution in [0.5, 0.6) is 0 Å². The van der Waals surface area contributed by atoms with Crippen molar-refractivity contribution in [1.82, 2.24) is 9.80 Å². The molecular formula is C16H33N3O. The van der Waals surface area contributed by atoms with Gasteiger partial charge in [0.2, 0.25) is 0 Å². The van der Waals surface area contributed by atoms with Gasteiger partial charge in [-0.15, -0.1) is 0 Å². The average Bonchev–Trinajstić information content (AvgIpc) is 2.54. The zero-order valence-corrected chi connectivity index (χ0v) is 13.6. The van der Waals surface area contributed by atoms with Crippen LogP contribution >= 0.6 is 0 Å². The fraction of sp³-hybridized carbons (Fsp3) is 1.00. The summed E-state index contributed by atoms with van der Waals surface area (Å²) in [6.45, 7) is 9.99. The molecule has 0 aromatic rings. The third kappa shape index (κ3) is 3.35.